The van der Waals surface area contributed by atoms with Gasteiger partial charge in [-0.25, -0.2) is 4.98 Å². The van der Waals surface area contributed by atoms with Crippen LogP contribution >= 0.6 is 0 Å². The molecule has 0 saturated carbocycles. The van der Waals surface area contributed by atoms with Crippen LogP contribution in [-0.2, 0) is 0 Å². The van der Waals surface area contributed by atoms with E-state index in [4.69, 9.17) is 15.7 Å². The van der Waals surface area contributed by atoms with Gasteiger partial charge >= 0.3 is 0 Å². The molecule has 0 saturated heterocycles. The van der Waals surface area contributed by atoms with E-state index in [1.54, 1.807) is 12.1 Å². The van der Waals surface area contributed by atoms with Gasteiger partial charge in [0.2, 0.25) is 5.88 Å². The number of hydrogen-bond acceptors (Lipinski definition) is 4. The number of hydrogen-bond donors (Lipinski definition) is 1. The Labute approximate surface area is 82.3 Å². The summed E-state index contributed by atoms with van der Waals surface area (Å²) >= 11 is 0. The molecule has 4 nitrogen and oxygen atoms in total. The predicted molar refractivity (Wildman–Crippen MR) is 51.3 cm³/mol. The quantitative estimate of drug-likeness (QED) is 0.675. The highest BCUT2D eigenvalue weighted by Crippen LogP contribution is 2.07. The monoisotopic (exact) mass is 187 g/mol. The second kappa shape index (κ2) is 5.58. The van der Waals surface area contributed by atoms with Crippen molar-refractivity contribution in [1.29, 1.82) is 5.26 Å². The van der Waals surface area contributed by atoms with Crippen molar-refractivity contribution in [3.63, 3.8) is 0 Å². The Morgan fingerprint density at radius 3 is 3.07 bits per heavy atom. The van der Waals surface area contributed by atoms with E-state index >= 15 is 0 Å². The molecule has 0 spiro atoms. The summed E-state index contributed by atoms with van der Waals surface area (Å²) < 4.78 is 5.16. The van der Waals surface area contributed by atoms with Crippen molar-refractivity contribution in [1.82, 2.24) is 4.98 Å². The first kappa shape index (κ1) is 10.0. The summed E-state index contributed by atoms with van der Waals surface area (Å²) in [6, 6.07) is 5.16. The van der Waals surface area contributed by atoms with Gasteiger partial charge in [0.1, 0.15) is 0 Å². The average molecular weight is 187 g/mol. The van der Waals surface area contributed by atoms with Crippen molar-refractivity contribution in [3.05, 3.63) is 23.9 Å². The molecule has 0 amide bonds. The van der Waals surface area contributed by atoms with Crippen molar-refractivity contribution in [3.8, 4) is 23.8 Å². The molecule has 1 aromatic heterocycles. The van der Waals surface area contributed by atoms with Gasteiger partial charge in [-0.2, -0.15) is 5.26 Å². The molecule has 70 valence electrons. The van der Waals surface area contributed by atoms with Gasteiger partial charge in [-0.15, -0.1) is 0 Å². The van der Waals surface area contributed by atoms with Crippen molar-refractivity contribution >= 4 is 0 Å². The summed E-state index contributed by atoms with van der Waals surface area (Å²) in [4.78, 5) is 3.91. The van der Waals surface area contributed by atoms with Crippen LogP contribution in [0, 0.1) is 23.2 Å². The number of ether oxygens (including phenoxy) is 1. The van der Waals surface area contributed by atoms with Gasteiger partial charge in [-0.3, -0.25) is 0 Å². The first-order valence-corrected chi connectivity index (χ1v) is 4.01. The minimum absolute atomic E-state index is 0.235. The Bertz CT molecular complexity index is 398. The maximum atomic E-state index is 8.59. The molecule has 0 bridgehead atoms. The van der Waals surface area contributed by atoms with Crippen LogP contribution in [0.4, 0.5) is 0 Å². The molecule has 0 fully saturated rings. The van der Waals surface area contributed by atoms with E-state index in [2.05, 4.69) is 16.8 Å². The molecule has 1 rings (SSSR count). The Hall–Kier alpha value is -2.04. The number of nitrogens with two attached hydrogens (primary N) is 1. The Morgan fingerprint density at radius 1 is 1.50 bits per heavy atom. The van der Waals surface area contributed by atoms with Crippen LogP contribution in [0.25, 0.3) is 0 Å². The molecule has 2 N–H and O–H groups in total. The fourth-order valence-electron chi connectivity index (χ4n) is 0.791. The minimum Gasteiger partial charge on any atom is -0.464 e. The highest BCUT2D eigenvalue weighted by Gasteiger charge is 1.95. The van der Waals surface area contributed by atoms with E-state index in [0.717, 1.165) is 0 Å². The van der Waals surface area contributed by atoms with Gasteiger partial charge in [-0.1, -0.05) is 11.8 Å². The summed E-state index contributed by atoms with van der Waals surface area (Å²) in [6.45, 7) is 0.550. The second-order valence-electron chi connectivity index (χ2n) is 2.34. The summed E-state index contributed by atoms with van der Waals surface area (Å²) in [5, 5.41) is 8.59. The van der Waals surface area contributed by atoms with E-state index in [9.17, 15) is 0 Å². The highest BCUT2D eigenvalue weighted by molar-refractivity contribution is 5.31. The van der Waals surface area contributed by atoms with Gasteiger partial charge in [0, 0.05) is 12.3 Å². The van der Waals surface area contributed by atoms with Crippen LogP contribution in [0.3, 0.4) is 0 Å². The number of aromatic nitrogens is 1. The Morgan fingerprint density at radius 2 is 2.36 bits per heavy atom. The first-order valence-electron chi connectivity index (χ1n) is 4.01. The van der Waals surface area contributed by atoms with Crippen LogP contribution in [-0.4, -0.2) is 18.1 Å². The molecule has 1 heterocycles. The van der Waals surface area contributed by atoms with Crippen molar-refractivity contribution in [2.45, 2.75) is 0 Å². The zero-order valence-corrected chi connectivity index (χ0v) is 7.53. The first-order chi connectivity index (χ1) is 6.86. The molecular weight excluding hydrogens is 178 g/mol. The molecule has 0 radical (unpaired) electrons. The van der Waals surface area contributed by atoms with Crippen LogP contribution in [0.1, 0.15) is 5.56 Å². The molecule has 0 unspecified atom stereocenters. The minimum atomic E-state index is 0.235. The predicted octanol–water partition coefficient (Wildman–Crippen LogP) is 0.294. The summed E-state index contributed by atoms with van der Waals surface area (Å²) in [5.74, 6) is 5.76. The van der Waals surface area contributed by atoms with Crippen molar-refractivity contribution in [2.24, 2.45) is 5.73 Å². The second-order valence-corrected chi connectivity index (χ2v) is 2.34. The van der Waals surface area contributed by atoms with Crippen molar-refractivity contribution in [2.75, 3.05) is 13.2 Å². The lowest BCUT2D eigenvalue weighted by Gasteiger charge is -1.99. The van der Waals surface area contributed by atoms with Gasteiger partial charge in [-0.05, 0) is 6.07 Å². The highest BCUT2D eigenvalue weighted by atomic mass is 16.5. The largest absolute Gasteiger partial charge is 0.464 e. The van der Waals surface area contributed by atoms with Gasteiger partial charge in [0.05, 0.1) is 18.2 Å². The van der Waals surface area contributed by atoms with Crippen LogP contribution in [0.15, 0.2) is 18.3 Å². The zero-order valence-electron chi connectivity index (χ0n) is 7.53. The Kier molecular flexibility index (Phi) is 4.00. The third kappa shape index (κ3) is 3.14. The molecule has 0 aliphatic rings. The number of nitrogens with zero attached hydrogens (tertiary/aromatic N) is 2. The fourth-order valence-corrected chi connectivity index (χ4v) is 0.791. The average Bonchev–Trinajstić information content (AvgIpc) is 2.25. The van der Waals surface area contributed by atoms with E-state index in [1.165, 1.54) is 6.20 Å². The third-order valence-corrected chi connectivity index (χ3v) is 1.38. The lowest BCUT2D eigenvalue weighted by Crippen LogP contribution is -1.98. The topological polar surface area (TPSA) is 71.9 Å². The number of pyridine rings is 1. The molecule has 0 aromatic carbocycles. The third-order valence-electron chi connectivity index (χ3n) is 1.38. The van der Waals surface area contributed by atoms with Crippen LogP contribution < -0.4 is 10.5 Å². The maximum absolute atomic E-state index is 8.59. The van der Waals surface area contributed by atoms with Crippen molar-refractivity contribution < 1.29 is 4.74 Å². The molecule has 14 heavy (non-hydrogen) atoms. The lowest BCUT2D eigenvalue weighted by molar-refractivity contribution is 0.355. The summed E-state index contributed by atoms with van der Waals surface area (Å²) in [5.41, 5.74) is 5.68. The Balaban J connectivity index is 2.55. The molecule has 1 aromatic rings. The maximum Gasteiger partial charge on any atom is 0.215 e. The summed E-state index contributed by atoms with van der Waals surface area (Å²) in [6.07, 6.45) is 1.52. The molecule has 0 aliphatic heterocycles. The smallest absolute Gasteiger partial charge is 0.215 e. The standard InChI is InChI=1S/C10H9N3O/c11-4-1-2-6-14-10-7-9(8-12)3-5-13-10/h3,5,7H,4,6,11H2. The zero-order chi connectivity index (χ0) is 10.2. The van der Waals surface area contributed by atoms with E-state index < -0.39 is 0 Å². The fraction of sp³-hybridized carbons (Fsp3) is 0.200. The summed E-state index contributed by atoms with van der Waals surface area (Å²) in [7, 11) is 0. The van der Waals surface area contributed by atoms with Crippen LogP contribution in [0.5, 0.6) is 5.88 Å². The van der Waals surface area contributed by atoms with Gasteiger partial charge < -0.3 is 10.5 Å². The SMILES string of the molecule is N#Cc1ccnc(OCC#CCN)c1. The lowest BCUT2D eigenvalue weighted by atomic mass is 10.3. The normalized spacial score (nSPS) is 8.29. The van der Waals surface area contributed by atoms with E-state index in [0.29, 0.717) is 18.0 Å². The van der Waals surface area contributed by atoms with Crippen LogP contribution in [0.2, 0.25) is 0 Å². The molecule has 0 aliphatic carbocycles. The number of nitriles is 1. The van der Waals surface area contributed by atoms with E-state index in [-0.39, 0.29) is 6.61 Å². The molecular formula is C10H9N3O. The molecule has 0 atom stereocenters. The molecule has 4 heteroatoms. The van der Waals surface area contributed by atoms with Gasteiger partial charge in [0.25, 0.3) is 0 Å². The van der Waals surface area contributed by atoms with Gasteiger partial charge in [0.15, 0.2) is 6.61 Å². The van der Waals surface area contributed by atoms with E-state index in [1.807, 2.05) is 6.07 Å². The number of rotatable bonds is 2.